The quantitative estimate of drug-likeness (QED) is 0.714. The second-order valence-corrected chi connectivity index (χ2v) is 7.71. The molecule has 0 aromatic heterocycles. The van der Waals surface area contributed by atoms with Gasteiger partial charge in [0, 0.05) is 28.8 Å². The summed E-state index contributed by atoms with van der Waals surface area (Å²) in [6.45, 7) is 3.81. The number of nitrogens with one attached hydrogen (secondary N) is 1. The van der Waals surface area contributed by atoms with E-state index in [1.54, 1.807) is 23.1 Å². The molecule has 146 valence electrons. The third-order valence-electron chi connectivity index (χ3n) is 4.78. The fourth-order valence-electron chi connectivity index (χ4n) is 3.14. The summed E-state index contributed by atoms with van der Waals surface area (Å²) in [5.41, 5.74) is 3.51. The third-order valence-corrected chi connectivity index (χ3v) is 5.27. The molecule has 3 rings (SSSR count). The zero-order chi connectivity index (χ0) is 20.3. The summed E-state index contributed by atoms with van der Waals surface area (Å²) >= 11 is 3.33. The first kappa shape index (κ1) is 20.1. The van der Waals surface area contributed by atoms with Crippen LogP contribution in [0.5, 0.6) is 0 Å². The van der Waals surface area contributed by atoms with Crippen LogP contribution in [-0.2, 0) is 19.1 Å². The summed E-state index contributed by atoms with van der Waals surface area (Å²) < 4.78 is 5.97. The number of esters is 1. The second kappa shape index (κ2) is 8.56. The van der Waals surface area contributed by atoms with E-state index in [2.05, 4.69) is 21.2 Å². The average molecular weight is 445 g/mol. The van der Waals surface area contributed by atoms with Crippen molar-refractivity contribution in [2.45, 2.75) is 20.3 Å². The normalized spacial score (nSPS) is 16.2. The van der Waals surface area contributed by atoms with Crippen LogP contribution in [-0.4, -0.2) is 30.9 Å². The molecule has 28 heavy (non-hydrogen) atoms. The molecule has 2 amide bonds. The van der Waals surface area contributed by atoms with Gasteiger partial charge in [0.25, 0.3) is 5.91 Å². The molecule has 1 aliphatic heterocycles. The summed E-state index contributed by atoms with van der Waals surface area (Å²) in [6, 6.07) is 12.9. The van der Waals surface area contributed by atoms with Crippen molar-refractivity contribution in [2.24, 2.45) is 5.92 Å². The monoisotopic (exact) mass is 444 g/mol. The molecule has 1 unspecified atom stereocenters. The highest BCUT2D eigenvalue weighted by Crippen LogP contribution is 2.29. The Kier molecular flexibility index (Phi) is 6.14. The number of carbonyl (C=O) groups is 3. The van der Waals surface area contributed by atoms with Gasteiger partial charge in [0.2, 0.25) is 5.91 Å². The lowest BCUT2D eigenvalue weighted by molar-refractivity contribution is -0.151. The minimum Gasteiger partial charge on any atom is -0.455 e. The topological polar surface area (TPSA) is 75.7 Å². The number of rotatable bonds is 5. The van der Waals surface area contributed by atoms with Crippen LogP contribution >= 0.6 is 15.9 Å². The van der Waals surface area contributed by atoms with Crippen molar-refractivity contribution >= 4 is 45.1 Å². The van der Waals surface area contributed by atoms with E-state index in [0.717, 1.165) is 21.3 Å². The van der Waals surface area contributed by atoms with Gasteiger partial charge in [-0.3, -0.25) is 14.4 Å². The number of halogens is 1. The van der Waals surface area contributed by atoms with E-state index in [9.17, 15) is 14.4 Å². The van der Waals surface area contributed by atoms with Gasteiger partial charge in [-0.15, -0.1) is 0 Å². The van der Waals surface area contributed by atoms with Crippen molar-refractivity contribution in [3.05, 3.63) is 58.1 Å². The molecule has 6 nitrogen and oxygen atoms in total. The maximum atomic E-state index is 12.4. The van der Waals surface area contributed by atoms with Gasteiger partial charge < -0.3 is 15.0 Å². The van der Waals surface area contributed by atoms with Crippen molar-refractivity contribution in [2.75, 3.05) is 23.4 Å². The highest BCUT2D eigenvalue weighted by molar-refractivity contribution is 9.10. The largest absolute Gasteiger partial charge is 0.455 e. The molecule has 1 fully saturated rings. The highest BCUT2D eigenvalue weighted by atomic mass is 79.9. The van der Waals surface area contributed by atoms with E-state index in [0.29, 0.717) is 5.69 Å². The van der Waals surface area contributed by atoms with Gasteiger partial charge in [-0.05, 0) is 49.2 Å². The van der Waals surface area contributed by atoms with Crippen molar-refractivity contribution in [1.29, 1.82) is 0 Å². The van der Waals surface area contributed by atoms with E-state index in [1.165, 1.54) is 0 Å². The van der Waals surface area contributed by atoms with Crippen molar-refractivity contribution in [3.8, 4) is 0 Å². The Hall–Kier alpha value is -2.67. The molecule has 2 aromatic rings. The smallest absolute Gasteiger partial charge is 0.311 e. The van der Waals surface area contributed by atoms with Crippen LogP contribution in [0.1, 0.15) is 17.5 Å². The maximum absolute atomic E-state index is 12.4. The van der Waals surface area contributed by atoms with E-state index < -0.39 is 17.8 Å². The molecule has 2 aromatic carbocycles. The molecule has 0 radical (unpaired) electrons. The standard InChI is InChI=1S/C21H21BrN2O4/c1-13-5-3-8-18(14(13)2)24-11-15(9-20(24)26)21(27)28-12-19(25)23-17-7-4-6-16(22)10-17/h3-8,10,15H,9,11-12H2,1-2H3,(H,23,25). The first-order chi connectivity index (χ1) is 13.3. The van der Waals surface area contributed by atoms with Gasteiger partial charge in [0.1, 0.15) is 0 Å². The molecular formula is C21H21BrN2O4. The van der Waals surface area contributed by atoms with Crippen LogP contribution in [0.15, 0.2) is 46.9 Å². The third kappa shape index (κ3) is 4.59. The second-order valence-electron chi connectivity index (χ2n) is 6.79. The van der Waals surface area contributed by atoms with Crippen molar-refractivity contribution in [3.63, 3.8) is 0 Å². The lowest BCUT2D eigenvalue weighted by atomic mass is 10.1. The Bertz CT molecular complexity index is 928. The Morgan fingerprint density at radius 3 is 2.71 bits per heavy atom. The number of anilines is 2. The Labute approximate surface area is 172 Å². The predicted molar refractivity (Wildman–Crippen MR) is 110 cm³/mol. The minimum absolute atomic E-state index is 0.0828. The molecular weight excluding hydrogens is 424 g/mol. The number of hydrogen-bond donors (Lipinski definition) is 1. The number of nitrogens with zero attached hydrogens (tertiary/aromatic N) is 1. The highest BCUT2D eigenvalue weighted by Gasteiger charge is 2.37. The predicted octanol–water partition coefficient (Wildman–Crippen LogP) is 3.60. The lowest BCUT2D eigenvalue weighted by Crippen LogP contribution is -2.28. The zero-order valence-corrected chi connectivity index (χ0v) is 17.3. The fraction of sp³-hybridized carbons (Fsp3) is 0.286. The van der Waals surface area contributed by atoms with E-state index in [1.807, 2.05) is 38.1 Å². The number of amides is 2. The van der Waals surface area contributed by atoms with E-state index >= 15 is 0 Å². The van der Waals surface area contributed by atoms with Crippen molar-refractivity contribution < 1.29 is 19.1 Å². The van der Waals surface area contributed by atoms with Crippen LogP contribution in [0.3, 0.4) is 0 Å². The van der Waals surface area contributed by atoms with Crippen LogP contribution in [0.4, 0.5) is 11.4 Å². The molecule has 1 aliphatic rings. The van der Waals surface area contributed by atoms with E-state index in [4.69, 9.17) is 4.74 Å². The van der Waals surface area contributed by atoms with Crippen LogP contribution < -0.4 is 10.2 Å². The number of carbonyl (C=O) groups excluding carboxylic acids is 3. The Balaban J connectivity index is 1.56. The number of ether oxygens (including phenoxy) is 1. The van der Waals surface area contributed by atoms with Gasteiger partial charge in [-0.25, -0.2) is 0 Å². The van der Waals surface area contributed by atoms with Gasteiger partial charge >= 0.3 is 5.97 Å². The average Bonchev–Trinajstić information content (AvgIpc) is 3.04. The number of hydrogen-bond acceptors (Lipinski definition) is 4. The molecule has 0 spiro atoms. The first-order valence-electron chi connectivity index (χ1n) is 8.94. The minimum atomic E-state index is -0.578. The lowest BCUT2D eigenvalue weighted by Gasteiger charge is -2.20. The van der Waals surface area contributed by atoms with Crippen LogP contribution in [0.2, 0.25) is 0 Å². The SMILES string of the molecule is Cc1cccc(N2CC(C(=O)OCC(=O)Nc3cccc(Br)c3)CC2=O)c1C. The Morgan fingerprint density at radius 2 is 1.96 bits per heavy atom. The molecule has 0 aliphatic carbocycles. The number of aryl methyl sites for hydroxylation is 1. The summed E-state index contributed by atoms with van der Waals surface area (Å²) in [4.78, 5) is 38.4. The summed E-state index contributed by atoms with van der Waals surface area (Å²) in [5.74, 6) is -1.66. The summed E-state index contributed by atoms with van der Waals surface area (Å²) in [7, 11) is 0. The van der Waals surface area contributed by atoms with Gasteiger partial charge in [-0.1, -0.05) is 34.1 Å². The van der Waals surface area contributed by atoms with Gasteiger partial charge in [0.15, 0.2) is 6.61 Å². The molecule has 0 saturated carbocycles. The summed E-state index contributed by atoms with van der Waals surface area (Å²) in [5, 5.41) is 2.66. The molecule has 1 saturated heterocycles. The molecule has 0 bridgehead atoms. The van der Waals surface area contributed by atoms with E-state index in [-0.39, 0.29) is 25.5 Å². The number of benzene rings is 2. The first-order valence-corrected chi connectivity index (χ1v) is 9.73. The summed E-state index contributed by atoms with van der Waals surface area (Å²) in [6.07, 6.45) is 0.0828. The van der Waals surface area contributed by atoms with Crippen molar-refractivity contribution in [1.82, 2.24) is 0 Å². The van der Waals surface area contributed by atoms with Crippen LogP contribution in [0.25, 0.3) is 0 Å². The van der Waals surface area contributed by atoms with Gasteiger partial charge in [-0.2, -0.15) is 0 Å². The molecule has 1 atom stereocenters. The molecule has 1 heterocycles. The van der Waals surface area contributed by atoms with Gasteiger partial charge in [0.05, 0.1) is 5.92 Å². The van der Waals surface area contributed by atoms with Crippen LogP contribution in [0, 0.1) is 19.8 Å². The Morgan fingerprint density at radius 1 is 1.21 bits per heavy atom. The molecule has 7 heteroatoms. The maximum Gasteiger partial charge on any atom is 0.311 e. The fourth-order valence-corrected chi connectivity index (χ4v) is 3.54. The zero-order valence-electron chi connectivity index (χ0n) is 15.7. The molecule has 1 N–H and O–H groups in total.